The lowest BCUT2D eigenvalue weighted by atomic mass is 10.1. The average molecular weight is 265 g/mol. The molecule has 2 N–H and O–H groups in total. The van der Waals surface area contributed by atoms with E-state index >= 15 is 0 Å². The highest BCUT2D eigenvalue weighted by atomic mass is 19.1. The second-order valence-corrected chi connectivity index (χ2v) is 5.48. The van der Waals surface area contributed by atoms with Gasteiger partial charge in [0, 0.05) is 30.9 Å². The van der Waals surface area contributed by atoms with Gasteiger partial charge < -0.3 is 15.5 Å². The van der Waals surface area contributed by atoms with Crippen LogP contribution < -0.4 is 10.6 Å². The van der Waals surface area contributed by atoms with Gasteiger partial charge in [-0.15, -0.1) is 0 Å². The molecule has 0 aliphatic carbocycles. The van der Waals surface area contributed by atoms with Crippen molar-refractivity contribution in [1.82, 2.24) is 4.90 Å². The van der Waals surface area contributed by atoms with Crippen LogP contribution in [0.1, 0.15) is 19.8 Å². The lowest BCUT2D eigenvalue weighted by Gasteiger charge is -2.32. The second-order valence-electron chi connectivity index (χ2n) is 5.48. The molecule has 1 aliphatic heterocycles. The largest absolute Gasteiger partial charge is 0.367 e. The van der Waals surface area contributed by atoms with Crippen molar-refractivity contribution in [3.63, 3.8) is 0 Å². The van der Waals surface area contributed by atoms with Crippen LogP contribution >= 0.6 is 0 Å². The van der Waals surface area contributed by atoms with Crippen molar-refractivity contribution in [2.24, 2.45) is 5.73 Å². The summed E-state index contributed by atoms with van der Waals surface area (Å²) in [5.74, 6) is -0.169. The summed E-state index contributed by atoms with van der Waals surface area (Å²) >= 11 is 0. The fourth-order valence-electron chi connectivity index (χ4n) is 2.79. The summed E-state index contributed by atoms with van der Waals surface area (Å²) in [6.45, 7) is 4.89. The Labute approximate surface area is 115 Å². The molecule has 0 aromatic heterocycles. The zero-order valence-corrected chi connectivity index (χ0v) is 11.8. The van der Waals surface area contributed by atoms with Crippen molar-refractivity contribution in [2.45, 2.75) is 31.8 Å². The summed E-state index contributed by atoms with van der Waals surface area (Å²) in [5, 5.41) is 0. The minimum absolute atomic E-state index is 0.169. The molecule has 2 atom stereocenters. The molecule has 0 spiro atoms. The summed E-state index contributed by atoms with van der Waals surface area (Å²) in [4.78, 5) is 4.69. The summed E-state index contributed by atoms with van der Waals surface area (Å²) in [7, 11) is 2.15. The first-order valence-electron chi connectivity index (χ1n) is 7.04. The monoisotopic (exact) mass is 265 g/mol. The lowest BCUT2D eigenvalue weighted by Crippen LogP contribution is -2.42. The maximum absolute atomic E-state index is 13.4. The SMILES string of the molecule is CC1CCN(C)C(CCN)CN1c1cccc(F)c1. The molecule has 0 radical (unpaired) electrons. The van der Waals surface area contributed by atoms with Gasteiger partial charge in [0.25, 0.3) is 0 Å². The molecule has 2 unspecified atom stereocenters. The van der Waals surface area contributed by atoms with Crippen LogP contribution in [0.4, 0.5) is 10.1 Å². The van der Waals surface area contributed by atoms with E-state index < -0.39 is 0 Å². The van der Waals surface area contributed by atoms with Crippen molar-refractivity contribution in [3.05, 3.63) is 30.1 Å². The van der Waals surface area contributed by atoms with Crippen LogP contribution in [0.15, 0.2) is 24.3 Å². The van der Waals surface area contributed by atoms with Crippen LogP contribution in [0, 0.1) is 5.82 Å². The Bertz CT molecular complexity index is 410. The first-order chi connectivity index (χ1) is 9.11. The van der Waals surface area contributed by atoms with Crippen molar-refractivity contribution in [3.8, 4) is 0 Å². The molecule has 4 heteroatoms. The van der Waals surface area contributed by atoms with Gasteiger partial charge in [0.1, 0.15) is 5.82 Å². The van der Waals surface area contributed by atoms with Gasteiger partial charge in [-0.1, -0.05) is 6.07 Å². The first-order valence-corrected chi connectivity index (χ1v) is 7.04. The van der Waals surface area contributed by atoms with E-state index in [4.69, 9.17) is 5.73 Å². The van der Waals surface area contributed by atoms with Gasteiger partial charge in [-0.25, -0.2) is 4.39 Å². The zero-order valence-electron chi connectivity index (χ0n) is 11.8. The Hall–Kier alpha value is -1.13. The molecule has 1 fully saturated rings. The molecule has 2 rings (SSSR count). The van der Waals surface area contributed by atoms with E-state index in [1.54, 1.807) is 12.1 Å². The van der Waals surface area contributed by atoms with Gasteiger partial charge in [0.2, 0.25) is 0 Å². The van der Waals surface area contributed by atoms with Crippen LogP contribution in [-0.4, -0.2) is 43.7 Å². The van der Waals surface area contributed by atoms with E-state index in [2.05, 4.69) is 23.8 Å². The Morgan fingerprint density at radius 2 is 2.21 bits per heavy atom. The van der Waals surface area contributed by atoms with Crippen LogP contribution in [0.2, 0.25) is 0 Å². The smallest absolute Gasteiger partial charge is 0.125 e. The van der Waals surface area contributed by atoms with Crippen molar-refractivity contribution in [1.29, 1.82) is 0 Å². The van der Waals surface area contributed by atoms with Crippen LogP contribution in [-0.2, 0) is 0 Å². The number of halogens is 1. The number of nitrogens with two attached hydrogens (primary N) is 1. The normalized spacial score (nSPS) is 25.4. The fraction of sp³-hybridized carbons (Fsp3) is 0.600. The molecule has 3 nitrogen and oxygen atoms in total. The van der Waals surface area contributed by atoms with Gasteiger partial charge in [0.15, 0.2) is 0 Å². The van der Waals surface area contributed by atoms with Gasteiger partial charge in [-0.05, 0) is 51.6 Å². The summed E-state index contributed by atoms with van der Waals surface area (Å²) in [6, 6.07) is 7.76. The number of rotatable bonds is 3. The number of nitrogens with zero attached hydrogens (tertiary/aromatic N) is 2. The molecule has 19 heavy (non-hydrogen) atoms. The van der Waals surface area contributed by atoms with Gasteiger partial charge in [-0.3, -0.25) is 0 Å². The minimum atomic E-state index is -0.169. The summed E-state index contributed by atoms with van der Waals surface area (Å²) < 4.78 is 13.4. The van der Waals surface area contributed by atoms with E-state index in [-0.39, 0.29) is 5.82 Å². The van der Waals surface area contributed by atoms with E-state index in [1.807, 2.05) is 6.07 Å². The molecule has 0 amide bonds. The Morgan fingerprint density at radius 1 is 1.42 bits per heavy atom. The standard InChI is InChI=1S/C15H24FN3/c1-12-7-9-18(2)15(6-8-17)11-19(12)14-5-3-4-13(16)10-14/h3-5,10,12,15H,6-9,11,17H2,1-2H3. The summed E-state index contributed by atoms with van der Waals surface area (Å²) in [6.07, 6.45) is 2.07. The van der Waals surface area contributed by atoms with E-state index in [0.29, 0.717) is 18.6 Å². The maximum atomic E-state index is 13.4. The highest BCUT2D eigenvalue weighted by Gasteiger charge is 2.26. The first kappa shape index (κ1) is 14.3. The van der Waals surface area contributed by atoms with E-state index in [0.717, 1.165) is 31.6 Å². The minimum Gasteiger partial charge on any atom is -0.367 e. The topological polar surface area (TPSA) is 32.5 Å². The predicted molar refractivity (Wildman–Crippen MR) is 77.9 cm³/mol. The number of anilines is 1. The highest BCUT2D eigenvalue weighted by Crippen LogP contribution is 2.24. The van der Waals surface area contributed by atoms with Crippen LogP contribution in [0.5, 0.6) is 0 Å². The number of likely N-dealkylation sites (N-methyl/N-ethyl adjacent to an activating group) is 1. The molecule has 1 aliphatic rings. The number of benzene rings is 1. The molecule has 1 aromatic carbocycles. The van der Waals surface area contributed by atoms with E-state index in [9.17, 15) is 4.39 Å². The zero-order chi connectivity index (χ0) is 13.8. The van der Waals surface area contributed by atoms with E-state index in [1.165, 1.54) is 6.07 Å². The number of hydrogen-bond donors (Lipinski definition) is 1. The van der Waals surface area contributed by atoms with Gasteiger partial charge in [0.05, 0.1) is 0 Å². The molecule has 1 saturated heterocycles. The molecular formula is C15H24FN3. The molecule has 1 aromatic rings. The molecule has 1 heterocycles. The Balaban J connectivity index is 2.21. The molecule has 0 bridgehead atoms. The van der Waals surface area contributed by atoms with Crippen LogP contribution in [0.25, 0.3) is 0 Å². The quantitative estimate of drug-likeness (QED) is 0.908. The average Bonchev–Trinajstić information content (AvgIpc) is 2.52. The summed E-state index contributed by atoms with van der Waals surface area (Å²) in [5.41, 5.74) is 6.69. The van der Waals surface area contributed by atoms with Crippen LogP contribution in [0.3, 0.4) is 0 Å². The van der Waals surface area contributed by atoms with Gasteiger partial charge >= 0.3 is 0 Å². The van der Waals surface area contributed by atoms with Crippen molar-refractivity contribution in [2.75, 3.05) is 31.6 Å². The molecule has 0 saturated carbocycles. The maximum Gasteiger partial charge on any atom is 0.125 e. The second kappa shape index (κ2) is 6.35. The lowest BCUT2D eigenvalue weighted by molar-refractivity contribution is 0.250. The molecular weight excluding hydrogens is 241 g/mol. The highest BCUT2D eigenvalue weighted by molar-refractivity contribution is 5.47. The third-order valence-electron chi connectivity index (χ3n) is 4.10. The molecule has 106 valence electrons. The Kier molecular flexibility index (Phi) is 4.77. The predicted octanol–water partition coefficient (Wildman–Crippen LogP) is 2.07. The third kappa shape index (κ3) is 3.45. The van der Waals surface area contributed by atoms with Crippen molar-refractivity contribution < 1.29 is 4.39 Å². The number of hydrogen-bond acceptors (Lipinski definition) is 3. The Morgan fingerprint density at radius 3 is 2.89 bits per heavy atom. The third-order valence-corrected chi connectivity index (χ3v) is 4.10. The van der Waals surface area contributed by atoms with Gasteiger partial charge in [-0.2, -0.15) is 0 Å². The fourth-order valence-corrected chi connectivity index (χ4v) is 2.79. The van der Waals surface area contributed by atoms with Crippen molar-refractivity contribution >= 4 is 5.69 Å².